The molecule has 2 N–H and O–H groups in total. The molecule has 2 aliphatic heterocycles. The van der Waals surface area contributed by atoms with Crippen molar-refractivity contribution in [2.45, 2.75) is 24.3 Å². The van der Waals surface area contributed by atoms with E-state index in [1.165, 1.54) is 21.0 Å². The fourth-order valence-electron chi connectivity index (χ4n) is 4.72. The van der Waals surface area contributed by atoms with Gasteiger partial charge in [-0.15, -0.1) is 0 Å². The van der Waals surface area contributed by atoms with E-state index in [1.807, 2.05) is 24.3 Å². The van der Waals surface area contributed by atoms with Crippen LogP contribution in [0.15, 0.2) is 77.7 Å². The minimum atomic E-state index is -3.31. The number of hydrogen-bond donors (Lipinski definition) is 2. The van der Waals surface area contributed by atoms with Crippen LogP contribution in [0, 0.1) is 0 Å². The molecule has 188 valence electrons. The third-order valence-electron chi connectivity index (χ3n) is 6.88. The van der Waals surface area contributed by atoms with Crippen molar-refractivity contribution in [2.24, 2.45) is 0 Å². The number of rotatable bonds is 7. The van der Waals surface area contributed by atoms with Crippen LogP contribution in [0.5, 0.6) is 0 Å². The van der Waals surface area contributed by atoms with E-state index in [4.69, 9.17) is 4.74 Å². The molecule has 0 radical (unpaired) electrons. The number of fused-ring (bicyclic) bond motifs is 1. The quantitative estimate of drug-likeness (QED) is 0.471. The maximum absolute atomic E-state index is 12.9. The molecule has 1 saturated heterocycles. The van der Waals surface area contributed by atoms with Crippen molar-refractivity contribution in [1.29, 1.82) is 0 Å². The highest BCUT2D eigenvalue weighted by Gasteiger charge is 2.39. The second-order valence-electron chi connectivity index (χ2n) is 9.26. The molecule has 1 amide bonds. The van der Waals surface area contributed by atoms with Gasteiger partial charge < -0.3 is 10.1 Å². The van der Waals surface area contributed by atoms with Gasteiger partial charge in [0.05, 0.1) is 26.3 Å². The Hall–Kier alpha value is -2.88. The Labute approximate surface area is 213 Å². The molecular weight excluding hydrogens is 474 g/mol. The minimum Gasteiger partial charge on any atom is -0.378 e. The molecule has 8 heteroatoms. The fraction of sp³-hybridized carbons (Fsp3) is 0.321. The standard InChI is InChI=1S/C28H31N3O4S/c32-28(29-26-9-11-27(12-10-26)36(33,34)31-17-19-35-20-18-31)24-7-5-22(6-8-24)13-15-30-16-14-23-3-1-2-4-25(23)21-30/h1-12H,13-21H2,(H-,29,32,33,34)/p+1. The molecule has 7 nitrogen and oxygen atoms in total. The lowest BCUT2D eigenvalue weighted by molar-refractivity contribution is 0.0700. The molecule has 3 aromatic carbocycles. The molecule has 3 aromatic rings. The summed E-state index contributed by atoms with van der Waals surface area (Å²) in [5.74, 6) is -0.208. The Morgan fingerprint density at radius 2 is 1.61 bits per heavy atom. The number of benzene rings is 3. The molecule has 5 rings (SSSR count). The van der Waals surface area contributed by atoms with Gasteiger partial charge in [0.15, 0.2) is 0 Å². The zero-order valence-corrected chi connectivity index (χ0v) is 21.1. The average molecular weight is 507 g/mol. The van der Waals surface area contributed by atoms with Crippen LogP contribution in [-0.4, -0.2) is 59.1 Å². The first-order valence-corrected chi connectivity index (χ1v) is 13.9. The highest BCUT2D eigenvalue weighted by atomic mass is 32.3. The average Bonchev–Trinajstić information content (AvgIpc) is 2.93. The predicted octanol–water partition coefficient (Wildman–Crippen LogP) is 4.12. The van der Waals surface area contributed by atoms with Crippen LogP contribution < -0.4 is 5.32 Å². The van der Waals surface area contributed by atoms with Gasteiger partial charge in [-0.1, -0.05) is 40.7 Å². The van der Waals surface area contributed by atoms with Crippen molar-refractivity contribution >= 4 is 22.0 Å². The summed E-state index contributed by atoms with van der Waals surface area (Å²) in [6.07, 6.45) is 2.04. The zero-order chi connectivity index (χ0) is 25.0. The summed E-state index contributed by atoms with van der Waals surface area (Å²) < 4.78 is 30.2. The molecular formula is C28H32N3O4S+. The van der Waals surface area contributed by atoms with Gasteiger partial charge in [0.25, 0.3) is 5.91 Å². The largest absolute Gasteiger partial charge is 0.378 e. The van der Waals surface area contributed by atoms with E-state index in [9.17, 15) is 13.6 Å². The summed E-state index contributed by atoms with van der Waals surface area (Å²) in [4.78, 5) is 15.5. The SMILES string of the molecule is O=C(Nc1ccc([S+](=O)(O)N2CCOCC2)cc1)c1ccc(CCN2CCc3ccccc3C2)cc1. The van der Waals surface area contributed by atoms with E-state index in [-0.39, 0.29) is 5.91 Å². The van der Waals surface area contributed by atoms with E-state index in [1.54, 1.807) is 24.3 Å². The number of ether oxygens (including phenoxy) is 1. The number of anilines is 1. The van der Waals surface area contributed by atoms with Crippen molar-refractivity contribution in [3.63, 3.8) is 0 Å². The third-order valence-corrected chi connectivity index (χ3v) is 8.83. The van der Waals surface area contributed by atoms with Crippen LogP contribution in [0.4, 0.5) is 5.69 Å². The number of hydrogen-bond acceptors (Lipinski definition) is 4. The van der Waals surface area contributed by atoms with Crippen LogP contribution >= 0.6 is 0 Å². The fourth-order valence-corrected chi connectivity index (χ4v) is 6.15. The van der Waals surface area contributed by atoms with E-state index in [2.05, 4.69) is 34.5 Å². The molecule has 1 fully saturated rings. The van der Waals surface area contributed by atoms with E-state index in [0.717, 1.165) is 32.5 Å². The molecule has 2 aliphatic rings. The van der Waals surface area contributed by atoms with Crippen molar-refractivity contribution < 1.29 is 18.3 Å². The van der Waals surface area contributed by atoms with Gasteiger partial charge in [0.1, 0.15) is 0 Å². The second kappa shape index (κ2) is 11.0. The summed E-state index contributed by atoms with van der Waals surface area (Å²) >= 11 is 0. The number of nitrogens with zero attached hydrogens (tertiary/aromatic N) is 2. The van der Waals surface area contributed by atoms with Crippen LogP contribution in [0.2, 0.25) is 0 Å². The van der Waals surface area contributed by atoms with Crippen molar-refractivity contribution in [2.75, 3.05) is 44.7 Å². The van der Waals surface area contributed by atoms with Crippen LogP contribution in [0.25, 0.3) is 0 Å². The molecule has 0 saturated carbocycles. The van der Waals surface area contributed by atoms with E-state index in [0.29, 0.717) is 42.4 Å². The Morgan fingerprint density at radius 1 is 0.917 bits per heavy atom. The minimum absolute atomic E-state index is 0.208. The van der Waals surface area contributed by atoms with Gasteiger partial charge in [-0.05, 0) is 58.0 Å². The first-order chi connectivity index (χ1) is 17.5. The van der Waals surface area contributed by atoms with Crippen molar-refractivity contribution in [1.82, 2.24) is 9.21 Å². The van der Waals surface area contributed by atoms with Crippen LogP contribution in [0.3, 0.4) is 0 Å². The monoisotopic (exact) mass is 506 g/mol. The molecule has 1 atom stereocenters. The number of carbonyl (C=O) groups is 1. The molecule has 0 spiro atoms. The van der Waals surface area contributed by atoms with Crippen molar-refractivity contribution in [3.8, 4) is 0 Å². The molecule has 0 aromatic heterocycles. The zero-order valence-electron chi connectivity index (χ0n) is 20.3. The smallest absolute Gasteiger partial charge is 0.325 e. The molecule has 36 heavy (non-hydrogen) atoms. The first kappa shape index (κ1) is 24.8. The van der Waals surface area contributed by atoms with E-state index < -0.39 is 10.4 Å². The normalized spacial score (nSPS) is 18.2. The van der Waals surface area contributed by atoms with Gasteiger partial charge >= 0.3 is 10.4 Å². The molecule has 0 aliphatic carbocycles. The summed E-state index contributed by atoms with van der Waals surface area (Å²) in [5, 5.41) is 2.87. The van der Waals surface area contributed by atoms with Gasteiger partial charge in [0.2, 0.25) is 4.90 Å². The van der Waals surface area contributed by atoms with Crippen LogP contribution in [0.1, 0.15) is 27.0 Å². The Morgan fingerprint density at radius 3 is 2.33 bits per heavy atom. The Kier molecular flexibility index (Phi) is 7.59. The van der Waals surface area contributed by atoms with E-state index >= 15 is 0 Å². The summed E-state index contributed by atoms with van der Waals surface area (Å²) in [6.45, 7) is 4.77. The van der Waals surface area contributed by atoms with Gasteiger partial charge in [-0.2, -0.15) is 4.55 Å². The van der Waals surface area contributed by atoms with Gasteiger partial charge in [0, 0.05) is 43.0 Å². The van der Waals surface area contributed by atoms with Gasteiger partial charge in [-0.25, -0.2) is 0 Å². The summed E-state index contributed by atoms with van der Waals surface area (Å²) in [6, 6.07) is 22.9. The number of amides is 1. The van der Waals surface area contributed by atoms with Crippen LogP contribution in [-0.2, 0) is 38.7 Å². The predicted molar refractivity (Wildman–Crippen MR) is 141 cm³/mol. The lowest BCUT2D eigenvalue weighted by Crippen LogP contribution is -2.43. The van der Waals surface area contributed by atoms with Crippen molar-refractivity contribution in [3.05, 3.63) is 95.1 Å². The Bertz CT molecular complexity index is 1240. The maximum Gasteiger partial charge on any atom is 0.325 e. The second-order valence-corrected chi connectivity index (χ2v) is 11.2. The number of morpholine rings is 1. The number of nitrogens with one attached hydrogen (secondary N) is 1. The molecule has 2 heterocycles. The molecule has 1 unspecified atom stereocenters. The third kappa shape index (κ3) is 5.74. The highest BCUT2D eigenvalue weighted by molar-refractivity contribution is 7.95. The van der Waals surface area contributed by atoms with Gasteiger partial charge in [-0.3, -0.25) is 9.69 Å². The highest BCUT2D eigenvalue weighted by Crippen LogP contribution is 2.24. The lowest BCUT2D eigenvalue weighted by atomic mass is 9.99. The summed E-state index contributed by atoms with van der Waals surface area (Å²) in [7, 11) is -3.31. The molecule has 0 bridgehead atoms. The summed E-state index contributed by atoms with van der Waals surface area (Å²) in [5.41, 5.74) is 5.24. The first-order valence-electron chi connectivity index (χ1n) is 12.4. The Balaban J connectivity index is 1.14. The lowest BCUT2D eigenvalue weighted by Gasteiger charge is -2.28. The number of carbonyl (C=O) groups excluding carboxylic acids is 1. The maximum atomic E-state index is 12.9. The topological polar surface area (TPSA) is 82.1 Å².